The van der Waals surface area contributed by atoms with Crippen molar-refractivity contribution in [3.63, 3.8) is 0 Å². The lowest BCUT2D eigenvalue weighted by Crippen LogP contribution is -2.48. The number of hydrogen-bond donors (Lipinski definition) is 3. The number of methoxy groups -OCH3 is 1. The average molecular weight is 651 g/mol. The summed E-state index contributed by atoms with van der Waals surface area (Å²) in [7, 11) is 3.19. The van der Waals surface area contributed by atoms with Crippen molar-refractivity contribution in [1.82, 2.24) is 24.8 Å². The molecule has 14 nitrogen and oxygen atoms in total. The van der Waals surface area contributed by atoms with Gasteiger partial charge in [0.2, 0.25) is 5.95 Å². The first-order valence-electron chi connectivity index (χ1n) is 15.7. The van der Waals surface area contributed by atoms with Crippen LogP contribution in [0.2, 0.25) is 0 Å². The second-order valence-electron chi connectivity index (χ2n) is 11.5. The molecule has 2 aliphatic heterocycles. The van der Waals surface area contributed by atoms with Crippen LogP contribution in [0.25, 0.3) is 0 Å². The van der Waals surface area contributed by atoms with E-state index in [0.717, 1.165) is 30.8 Å². The average Bonchev–Trinajstić information content (AvgIpc) is 3.11. The van der Waals surface area contributed by atoms with Crippen molar-refractivity contribution in [1.29, 1.82) is 0 Å². The number of nitrogens with one attached hydrogen (secondary N) is 3. The molecule has 0 unspecified atom stereocenters. The molecule has 5 amide bonds. The fourth-order valence-electron chi connectivity index (χ4n) is 5.72. The van der Waals surface area contributed by atoms with Crippen LogP contribution in [0.4, 0.5) is 44.1 Å². The molecule has 0 spiro atoms. The Hall–Kier alpha value is -5.76. The van der Waals surface area contributed by atoms with Crippen LogP contribution in [-0.2, 0) is 6.54 Å². The number of para-hydroxylation sites is 2. The predicted octanol–water partition coefficient (Wildman–Crippen LogP) is 4.93. The second-order valence-corrected chi connectivity index (χ2v) is 11.5. The van der Waals surface area contributed by atoms with Crippen molar-refractivity contribution in [3.05, 3.63) is 83.8 Å². The Bertz CT molecular complexity index is 1830. The summed E-state index contributed by atoms with van der Waals surface area (Å²) >= 11 is 0. The molecular formula is C34H38N10O4. The zero-order chi connectivity index (χ0) is 33.8. The van der Waals surface area contributed by atoms with Crippen molar-refractivity contribution >= 4 is 52.5 Å². The predicted molar refractivity (Wildman–Crippen MR) is 184 cm³/mol. The summed E-state index contributed by atoms with van der Waals surface area (Å²) in [5, 5.41) is 8.76. The van der Waals surface area contributed by atoms with Gasteiger partial charge in [-0.3, -0.25) is 14.6 Å². The number of ether oxygens (including phenoxy) is 1. The molecule has 2 aliphatic rings. The maximum absolute atomic E-state index is 13.6. The number of anilines is 6. The van der Waals surface area contributed by atoms with Crippen molar-refractivity contribution < 1.29 is 19.1 Å². The molecule has 1 fully saturated rings. The highest BCUT2D eigenvalue weighted by atomic mass is 16.5. The third kappa shape index (κ3) is 6.83. The Labute approximate surface area is 278 Å². The van der Waals surface area contributed by atoms with E-state index in [1.165, 1.54) is 12.0 Å². The summed E-state index contributed by atoms with van der Waals surface area (Å²) in [5.74, 6) is 1.22. The number of carbonyl (C=O) groups is 3. The number of likely N-dealkylation sites (N-methyl/N-ethyl adjacent to an activating group) is 1. The van der Waals surface area contributed by atoms with E-state index < -0.39 is 6.03 Å². The maximum Gasteiger partial charge on any atom is 0.330 e. The Morgan fingerprint density at radius 3 is 2.44 bits per heavy atom. The molecule has 6 rings (SSSR count). The number of piperazine rings is 1. The number of nitrogens with zero attached hydrogens (tertiary/aromatic N) is 7. The molecule has 2 aromatic carbocycles. The molecule has 14 heteroatoms. The fourth-order valence-corrected chi connectivity index (χ4v) is 5.72. The topological polar surface area (TPSA) is 148 Å². The summed E-state index contributed by atoms with van der Waals surface area (Å²) in [4.78, 5) is 60.1. The molecule has 0 atom stereocenters. The number of aryl methyl sites for hydroxylation is 1. The van der Waals surface area contributed by atoms with E-state index >= 15 is 0 Å². The van der Waals surface area contributed by atoms with Crippen LogP contribution in [-0.4, -0.2) is 89.6 Å². The quantitative estimate of drug-likeness (QED) is 0.241. The van der Waals surface area contributed by atoms with Crippen molar-refractivity contribution in [2.24, 2.45) is 0 Å². The van der Waals surface area contributed by atoms with Crippen LogP contribution < -0.4 is 30.5 Å². The van der Waals surface area contributed by atoms with Gasteiger partial charge in [-0.25, -0.2) is 19.6 Å². The van der Waals surface area contributed by atoms with Gasteiger partial charge in [0.15, 0.2) is 0 Å². The van der Waals surface area contributed by atoms with Gasteiger partial charge >= 0.3 is 12.1 Å². The van der Waals surface area contributed by atoms with Crippen LogP contribution in [0.1, 0.15) is 28.5 Å². The molecule has 0 radical (unpaired) electrons. The van der Waals surface area contributed by atoms with Gasteiger partial charge in [-0.2, -0.15) is 4.98 Å². The summed E-state index contributed by atoms with van der Waals surface area (Å²) < 4.78 is 5.31. The van der Waals surface area contributed by atoms with E-state index in [4.69, 9.17) is 4.74 Å². The summed E-state index contributed by atoms with van der Waals surface area (Å²) in [6.45, 7) is 8.33. The van der Waals surface area contributed by atoms with Gasteiger partial charge in [-0.15, -0.1) is 0 Å². The third-order valence-electron chi connectivity index (χ3n) is 8.46. The van der Waals surface area contributed by atoms with Gasteiger partial charge in [0.05, 0.1) is 36.9 Å². The van der Waals surface area contributed by atoms with E-state index in [9.17, 15) is 14.4 Å². The SMILES string of the molecule is CCN1CCN(C(=O)c2ccc(Nc3ncc4c(n3)N(C)C(=O)N(c3cc(NC(=O)Nc5ccccc5OC)ccc3C)C4)cn2)CC1. The second kappa shape index (κ2) is 13.9. The zero-order valence-corrected chi connectivity index (χ0v) is 27.4. The highest BCUT2D eigenvalue weighted by molar-refractivity contribution is 6.06. The van der Waals surface area contributed by atoms with E-state index in [1.54, 1.807) is 66.8 Å². The molecule has 0 bridgehead atoms. The van der Waals surface area contributed by atoms with Gasteiger partial charge < -0.3 is 30.5 Å². The highest BCUT2D eigenvalue weighted by Crippen LogP contribution is 2.33. The van der Waals surface area contributed by atoms with Gasteiger partial charge in [-0.1, -0.05) is 25.1 Å². The van der Waals surface area contributed by atoms with Gasteiger partial charge in [0.1, 0.15) is 17.3 Å². The number of rotatable bonds is 8. The van der Waals surface area contributed by atoms with Crippen LogP contribution in [0.5, 0.6) is 5.75 Å². The summed E-state index contributed by atoms with van der Waals surface area (Å²) in [6, 6.07) is 15.2. The lowest BCUT2D eigenvalue weighted by Gasteiger charge is -2.35. The van der Waals surface area contributed by atoms with Gasteiger partial charge in [-0.05, 0) is 55.4 Å². The van der Waals surface area contributed by atoms with Crippen molar-refractivity contribution in [3.8, 4) is 5.75 Å². The van der Waals surface area contributed by atoms with E-state index in [-0.39, 0.29) is 18.5 Å². The van der Waals surface area contributed by atoms with Crippen molar-refractivity contribution in [2.45, 2.75) is 20.4 Å². The normalized spacial score (nSPS) is 14.8. The van der Waals surface area contributed by atoms with Crippen molar-refractivity contribution in [2.75, 3.05) is 72.6 Å². The number of aromatic nitrogens is 3. The largest absolute Gasteiger partial charge is 0.495 e. The smallest absolute Gasteiger partial charge is 0.330 e. The molecule has 4 aromatic rings. The molecule has 1 saturated heterocycles. The third-order valence-corrected chi connectivity index (χ3v) is 8.46. The standard InChI is InChI=1S/C34H38N10O4/c1-5-42-14-16-43(17-15-42)31(45)27-13-12-25(20-35-27)37-32-36-19-23-21-44(34(47)41(3)30(23)40-32)28-18-24(11-10-22(28)2)38-33(46)39-26-8-6-7-9-29(26)48-4/h6-13,18-20H,5,14-17,21H2,1-4H3,(H,36,37,40)(H2,38,39,46). The summed E-state index contributed by atoms with van der Waals surface area (Å²) in [6.07, 6.45) is 3.26. The first-order chi connectivity index (χ1) is 23.2. The number of amides is 5. The van der Waals surface area contributed by atoms with Crippen LogP contribution in [0.3, 0.4) is 0 Å². The minimum Gasteiger partial charge on any atom is -0.495 e. The molecule has 2 aromatic heterocycles. The fraction of sp³-hybridized carbons (Fsp3) is 0.294. The first-order valence-corrected chi connectivity index (χ1v) is 15.7. The van der Waals surface area contributed by atoms with E-state index in [0.29, 0.717) is 59.0 Å². The Kier molecular flexibility index (Phi) is 9.34. The molecule has 248 valence electrons. The molecule has 0 aliphatic carbocycles. The maximum atomic E-state index is 13.6. The minimum absolute atomic E-state index is 0.0836. The number of pyridine rings is 1. The number of urea groups is 2. The molecule has 3 N–H and O–H groups in total. The number of carbonyl (C=O) groups excluding carboxylic acids is 3. The highest BCUT2D eigenvalue weighted by Gasteiger charge is 2.32. The Balaban J connectivity index is 1.12. The monoisotopic (exact) mass is 650 g/mol. The van der Waals surface area contributed by atoms with E-state index in [1.807, 2.05) is 24.0 Å². The molecule has 4 heterocycles. The van der Waals surface area contributed by atoms with Crippen LogP contribution in [0.15, 0.2) is 67.0 Å². The van der Waals surface area contributed by atoms with E-state index in [2.05, 4.69) is 42.7 Å². The Morgan fingerprint density at radius 1 is 0.938 bits per heavy atom. The van der Waals surface area contributed by atoms with Gasteiger partial charge in [0, 0.05) is 50.7 Å². The van der Waals surface area contributed by atoms with Gasteiger partial charge in [0.25, 0.3) is 5.91 Å². The zero-order valence-electron chi connectivity index (χ0n) is 27.4. The number of benzene rings is 2. The molecule has 0 saturated carbocycles. The van der Waals surface area contributed by atoms with Crippen LogP contribution >= 0.6 is 0 Å². The number of fused-ring (bicyclic) bond motifs is 1. The molecule has 48 heavy (non-hydrogen) atoms. The first kappa shape index (κ1) is 32.2. The number of hydrogen-bond acceptors (Lipinski definition) is 9. The lowest BCUT2D eigenvalue weighted by molar-refractivity contribution is 0.0637. The molecular weight excluding hydrogens is 612 g/mol. The summed E-state index contributed by atoms with van der Waals surface area (Å²) in [5.41, 5.74) is 4.29. The van der Waals surface area contributed by atoms with Crippen LogP contribution in [0, 0.1) is 6.92 Å². The lowest BCUT2D eigenvalue weighted by atomic mass is 10.1. The minimum atomic E-state index is -0.447. The Morgan fingerprint density at radius 2 is 1.71 bits per heavy atom.